The monoisotopic (exact) mass is 379 g/mol. The molecule has 0 aliphatic rings. The summed E-state index contributed by atoms with van der Waals surface area (Å²) in [7, 11) is 0. The molecule has 0 radical (unpaired) electrons. The van der Waals surface area contributed by atoms with Gasteiger partial charge in [-0.2, -0.15) is 0 Å². The lowest BCUT2D eigenvalue weighted by Gasteiger charge is -2.06. The first-order valence-electron chi connectivity index (χ1n) is 8.31. The van der Waals surface area contributed by atoms with Gasteiger partial charge in [-0.05, 0) is 19.1 Å². The Kier molecular flexibility index (Phi) is 5.08. The lowest BCUT2D eigenvalue weighted by Crippen LogP contribution is -2.00. The van der Waals surface area contributed by atoms with Crippen LogP contribution in [0.2, 0.25) is 0 Å². The molecule has 0 unspecified atom stereocenters. The van der Waals surface area contributed by atoms with Gasteiger partial charge in [0.25, 0.3) is 0 Å². The van der Waals surface area contributed by atoms with E-state index >= 15 is 0 Å². The summed E-state index contributed by atoms with van der Waals surface area (Å²) in [4.78, 5) is 8.81. The van der Waals surface area contributed by atoms with Crippen LogP contribution in [-0.4, -0.2) is 24.7 Å². The van der Waals surface area contributed by atoms with Crippen LogP contribution in [0.5, 0.6) is 0 Å². The van der Waals surface area contributed by atoms with Crippen molar-refractivity contribution in [1.29, 1.82) is 0 Å². The van der Waals surface area contributed by atoms with Crippen LogP contribution in [0, 0.1) is 0 Å². The second-order valence-corrected chi connectivity index (χ2v) is 7.39. The molecule has 0 amide bonds. The predicted molar refractivity (Wildman–Crippen MR) is 106 cm³/mol. The molecule has 1 aromatic carbocycles. The van der Waals surface area contributed by atoms with Crippen molar-refractivity contribution in [3.8, 4) is 22.0 Å². The molecule has 130 valence electrons. The van der Waals surface area contributed by atoms with Crippen LogP contribution >= 0.6 is 23.1 Å². The van der Waals surface area contributed by atoms with Crippen molar-refractivity contribution in [2.45, 2.75) is 24.4 Å². The van der Waals surface area contributed by atoms with E-state index in [9.17, 15) is 0 Å². The summed E-state index contributed by atoms with van der Waals surface area (Å²) in [5, 5.41) is 12.8. The molecule has 0 atom stereocenters. The highest BCUT2D eigenvalue weighted by Gasteiger charge is 2.14. The van der Waals surface area contributed by atoms with Gasteiger partial charge in [0, 0.05) is 41.2 Å². The average Bonchev–Trinajstić information content (AvgIpc) is 3.34. The van der Waals surface area contributed by atoms with E-state index in [0.29, 0.717) is 0 Å². The molecule has 0 fully saturated rings. The van der Waals surface area contributed by atoms with Crippen LogP contribution < -0.4 is 0 Å². The Labute approximate surface area is 160 Å². The molecule has 0 aliphatic carbocycles. The molecule has 0 saturated heterocycles. The summed E-state index contributed by atoms with van der Waals surface area (Å²) in [6.07, 6.45) is 3.55. The Morgan fingerprint density at radius 1 is 1.00 bits per heavy atom. The van der Waals surface area contributed by atoms with Crippen molar-refractivity contribution in [1.82, 2.24) is 24.7 Å². The average molecular weight is 380 g/mol. The summed E-state index contributed by atoms with van der Waals surface area (Å²) < 4.78 is 2.13. The number of nitrogens with zero attached hydrogens (tertiary/aromatic N) is 5. The van der Waals surface area contributed by atoms with Gasteiger partial charge in [-0.15, -0.1) is 21.5 Å². The number of pyridine rings is 1. The van der Waals surface area contributed by atoms with Gasteiger partial charge < -0.3 is 4.57 Å². The third-order valence-electron chi connectivity index (χ3n) is 3.89. The van der Waals surface area contributed by atoms with Crippen molar-refractivity contribution in [3.63, 3.8) is 0 Å². The van der Waals surface area contributed by atoms with E-state index < -0.39 is 0 Å². The predicted octanol–water partition coefficient (Wildman–Crippen LogP) is 4.78. The van der Waals surface area contributed by atoms with E-state index in [0.717, 1.165) is 45.1 Å². The molecule has 0 spiro atoms. The molecule has 0 bridgehead atoms. The van der Waals surface area contributed by atoms with E-state index in [1.807, 2.05) is 30.3 Å². The van der Waals surface area contributed by atoms with Crippen molar-refractivity contribution in [2.24, 2.45) is 0 Å². The van der Waals surface area contributed by atoms with Crippen molar-refractivity contribution in [2.75, 3.05) is 0 Å². The fraction of sp³-hybridized carbons (Fsp3) is 0.158. The molecule has 4 rings (SSSR count). The van der Waals surface area contributed by atoms with E-state index in [2.05, 4.69) is 44.2 Å². The van der Waals surface area contributed by atoms with Crippen LogP contribution in [0.25, 0.3) is 22.0 Å². The van der Waals surface area contributed by atoms with E-state index in [4.69, 9.17) is 4.98 Å². The Morgan fingerprint density at radius 2 is 1.81 bits per heavy atom. The van der Waals surface area contributed by atoms with Crippen LogP contribution in [0.4, 0.5) is 0 Å². The van der Waals surface area contributed by atoms with Crippen LogP contribution in [0.1, 0.15) is 12.6 Å². The van der Waals surface area contributed by atoms with E-state index in [1.54, 1.807) is 35.5 Å². The standard InChI is InChI=1S/C19H17N5S2/c1-2-24-17(14-8-10-20-11-9-14)22-23-19(24)26-13-16-12-25-18(21-16)15-6-4-3-5-7-15/h3-12H,2,13H2,1H3. The molecule has 4 aromatic rings. The number of thioether (sulfide) groups is 1. The zero-order valence-electron chi connectivity index (χ0n) is 14.2. The van der Waals surface area contributed by atoms with Crippen molar-refractivity contribution >= 4 is 23.1 Å². The minimum atomic E-state index is 0.776. The first-order valence-corrected chi connectivity index (χ1v) is 10.2. The van der Waals surface area contributed by atoms with Crippen LogP contribution in [0.3, 0.4) is 0 Å². The second kappa shape index (κ2) is 7.80. The number of hydrogen-bond donors (Lipinski definition) is 0. The van der Waals surface area contributed by atoms with Gasteiger partial charge >= 0.3 is 0 Å². The normalized spacial score (nSPS) is 11.0. The number of hydrogen-bond acceptors (Lipinski definition) is 6. The summed E-state index contributed by atoms with van der Waals surface area (Å²) in [5.74, 6) is 1.65. The Morgan fingerprint density at radius 3 is 2.58 bits per heavy atom. The molecule has 0 saturated carbocycles. The molecule has 5 nitrogen and oxygen atoms in total. The summed E-state index contributed by atoms with van der Waals surface area (Å²) in [6.45, 7) is 2.92. The van der Waals surface area contributed by atoms with Crippen molar-refractivity contribution < 1.29 is 0 Å². The summed E-state index contributed by atoms with van der Waals surface area (Å²) >= 11 is 3.34. The van der Waals surface area contributed by atoms with Gasteiger partial charge in [-0.3, -0.25) is 4.98 Å². The van der Waals surface area contributed by atoms with Gasteiger partial charge in [-0.25, -0.2) is 4.98 Å². The minimum absolute atomic E-state index is 0.776. The zero-order valence-corrected chi connectivity index (χ0v) is 15.9. The maximum Gasteiger partial charge on any atom is 0.191 e. The van der Waals surface area contributed by atoms with Crippen LogP contribution in [0.15, 0.2) is 65.4 Å². The first-order chi connectivity index (χ1) is 12.8. The lowest BCUT2D eigenvalue weighted by molar-refractivity contribution is 0.687. The second-order valence-electron chi connectivity index (χ2n) is 5.59. The van der Waals surface area contributed by atoms with Gasteiger partial charge in [0.05, 0.1) is 5.69 Å². The maximum absolute atomic E-state index is 4.75. The molecule has 3 heterocycles. The van der Waals surface area contributed by atoms with Crippen LogP contribution in [-0.2, 0) is 12.3 Å². The Hall–Kier alpha value is -2.51. The first kappa shape index (κ1) is 16.9. The van der Waals surface area contributed by atoms with E-state index in [-0.39, 0.29) is 0 Å². The maximum atomic E-state index is 4.75. The zero-order chi connectivity index (χ0) is 17.8. The third kappa shape index (κ3) is 3.54. The highest BCUT2D eigenvalue weighted by Crippen LogP contribution is 2.29. The number of benzene rings is 1. The molecular formula is C19H17N5S2. The highest BCUT2D eigenvalue weighted by molar-refractivity contribution is 7.98. The lowest BCUT2D eigenvalue weighted by atomic mass is 10.2. The quantitative estimate of drug-likeness (QED) is 0.451. The summed E-state index contributed by atoms with van der Waals surface area (Å²) in [6, 6.07) is 14.2. The van der Waals surface area contributed by atoms with Gasteiger partial charge in [0.2, 0.25) is 0 Å². The highest BCUT2D eigenvalue weighted by atomic mass is 32.2. The molecule has 0 N–H and O–H groups in total. The Bertz CT molecular complexity index is 980. The smallest absolute Gasteiger partial charge is 0.191 e. The fourth-order valence-corrected chi connectivity index (χ4v) is 4.45. The molecular weight excluding hydrogens is 362 g/mol. The topological polar surface area (TPSA) is 56.5 Å². The molecule has 3 aromatic heterocycles. The molecule has 0 aliphatic heterocycles. The number of rotatable bonds is 6. The molecule has 26 heavy (non-hydrogen) atoms. The Balaban J connectivity index is 1.50. The number of thiazole rings is 1. The SMILES string of the molecule is CCn1c(SCc2csc(-c3ccccc3)n2)nnc1-c1ccncc1. The largest absolute Gasteiger partial charge is 0.302 e. The van der Waals surface area contributed by atoms with E-state index in [1.165, 1.54) is 0 Å². The van der Waals surface area contributed by atoms with Gasteiger partial charge in [0.15, 0.2) is 11.0 Å². The van der Waals surface area contributed by atoms with Gasteiger partial charge in [0.1, 0.15) is 5.01 Å². The van der Waals surface area contributed by atoms with Gasteiger partial charge in [-0.1, -0.05) is 42.1 Å². The summed E-state index contributed by atoms with van der Waals surface area (Å²) in [5.41, 5.74) is 3.25. The molecule has 7 heteroatoms. The van der Waals surface area contributed by atoms with Crippen molar-refractivity contribution in [3.05, 3.63) is 65.9 Å². The fourth-order valence-electron chi connectivity index (χ4n) is 2.62. The third-order valence-corrected chi connectivity index (χ3v) is 5.83. The minimum Gasteiger partial charge on any atom is -0.302 e. The number of aromatic nitrogens is 5.